The van der Waals surface area contributed by atoms with Gasteiger partial charge in [0, 0.05) is 24.7 Å². The van der Waals surface area contributed by atoms with E-state index >= 15 is 0 Å². The van der Waals surface area contributed by atoms with E-state index < -0.39 is 0 Å². The Bertz CT molecular complexity index is 392. The van der Waals surface area contributed by atoms with E-state index in [9.17, 15) is 4.79 Å². The Balaban J connectivity index is 1.86. The number of methoxy groups -OCH3 is 1. The van der Waals surface area contributed by atoms with Gasteiger partial charge in [-0.15, -0.1) is 0 Å². The fraction of sp³-hybridized carbons (Fsp3) is 0.500. The molecule has 1 aromatic rings. The molecule has 0 unspecified atom stereocenters. The molecule has 0 aromatic carbocycles. The number of hydrogen-bond acceptors (Lipinski definition) is 3. The monoisotopic (exact) mass is 220 g/mol. The third-order valence-electron chi connectivity index (χ3n) is 2.92. The maximum absolute atomic E-state index is 11.6. The number of pyridine rings is 1. The van der Waals surface area contributed by atoms with Crippen molar-refractivity contribution in [2.75, 3.05) is 7.11 Å². The van der Waals surface area contributed by atoms with Crippen LogP contribution in [-0.2, 0) is 11.3 Å². The van der Waals surface area contributed by atoms with Gasteiger partial charge in [-0.05, 0) is 24.0 Å². The first kappa shape index (κ1) is 10.9. The predicted octanol–water partition coefficient (Wildman–Crippen LogP) is 1.36. The normalized spacial score (nSPS) is 22.6. The highest BCUT2D eigenvalue weighted by atomic mass is 16.5. The highest BCUT2D eigenvalue weighted by Crippen LogP contribution is 2.37. The van der Waals surface area contributed by atoms with Crippen molar-refractivity contribution in [3.63, 3.8) is 0 Å². The summed E-state index contributed by atoms with van der Waals surface area (Å²) >= 11 is 0. The summed E-state index contributed by atoms with van der Waals surface area (Å²) in [6.07, 6.45) is 2.70. The molecule has 0 spiro atoms. The fourth-order valence-corrected chi connectivity index (χ4v) is 1.68. The van der Waals surface area contributed by atoms with Crippen LogP contribution in [-0.4, -0.2) is 18.0 Å². The van der Waals surface area contributed by atoms with Crippen LogP contribution in [0.5, 0.6) is 5.88 Å². The van der Waals surface area contributed by atoms with Crippen LogP contribution >= 0.6 is 0 Å². The molecule has 1 N–H and O–H groups in total. The van der Waals surface area contributed by atoms with E-state index in [4.69, 9.17) is 4.74 Å². The molecule has 1 aliphatic carbocycles. The number of ether oxygens (including phenoxy) is 1. The Hall–Kier alpha value is -1.58. The Morgan fingerprint density at radius 2 is 2.44 bits per heavy atom. The van der Waals surface area contributed by atoms with E-state index in [0.29, 0.717) is 18.3 Å². The van der Waals surface area contributed by atoms with E-state index in [1.165, 1.54) is 0 Å². The maximum atomic E-state index is 11.6. The first-order chi connectivity index (χ1) is 7.70. The molecule has 1 amide bonds. The molecule has 2 rings (SSSR count). The first-order valence-corrected chi connectivity index (χ1v) is 5.47. The van der Waals surface area contributed by atoms with Crippen molar-refractivity contribution in [2.45, 2.75) is 19.9 Å². The van der Waals surface area contributed by atoms with Crippen LogP contribution in [0.2, 0.25) is 0 Å². The van der Waals surface area contributed by atoms with Crippen molar-refractivity contribution in [1.82, 2.24) is 10.3 Å². The molecule has 0 radical (unpaired) electrons. The van der Waals surface area contributed by atoms with Gasteiger partial charge in [-0.2, -0.15) is 0 Å². The average molecular weight is 220 g/mol. The number of rotatable bonds is 4. The topological polar surface area (TPSA) is 51.2 Å². The van der Waals surface area contributed by atoms with Crippen LogP contribution in [0.3, 0.4) is 0 Å². The Morgan fingerprint density at radius 1 is 1.69 bits per heavy atom. The molecule has 16 heavy (non-hydrogen) atoms. The molecular weight excluding hydrogens is 204 g/mol. The van der Waals surface area contributed by atoms with E-state index in [1.807, 2.05) is 12.1 Å². The maximum Gasteiger partial charge on any atom is 0.223 e. The van der Waals surface area contributed by atoms with Crippen molar-refractivity contribution in [2.24, 2.45) is 11.8 Å². The van der Waals surface area contributed by atoms with E-state index in [0.717, 1.165) is 12.0 Å². The third-order valence-corrected chi connectivity index (χ3v) is 2.92. The highest BCUT2D eigenvalue weighted by molar-refractivity contribution is 5.81. The summed E-state index contributed by atoms with van der Waals surface area (Å²) in [5.41, 5.74) is 1.01. The standard InChI is InChI=1S/C12H16N2O2/c1-8-5-10(8)12(15)14-7-9-3-4-13-11(6-9)16-2/h3-4,6,8,10H,5,7H2,1-2H3,(H,14,15)/t8-,10-/m1/s1. The predicted molar refractivity (Wildman–Crippen MR) is 59.9 cm³/mol. The van der Waals surface area contributed by atoms with E-state index in [-0.39, 0.29) is 11.8 Å². The van der Waals surface area contributed by atoms with E-state index in [2.05, 4.69) is 17.2 Å². The van der Waals surface area contributed by atoms with Gasteiger partial charge in [-0.1, -0.05) is 6.92 Å². The summed E-state index contributed by atoms with van der Waals surface area (Å²) in [6.45, 7) is 2.64. The Kier molecular flexibility index (Phi) is 3.08. The molecule has 1 heterocycles. The number of carbonyl (C=O) groups excluding carboxylic acids is 1. The van der Waals surface area contributed by atoms with Crippen LogP contribution < -0.4 is 10.1 Å². The minimum absolute atomic E-state index is 0.156. The molecular formula is C12H16N2O2. The fourth-order valence-electron chi connectivity index (χ4n) is 1.68. The molecule has 1 aliphatic rings. The van der Waals surface area contributed by atoms with Gasteiger partial charge in [0.2, 0.25) is 11.8 Å². The Morgan fingerprint density at radius 3 is 3.06 bits per heavy atom. The number of nitrogens with zero attached hydrogens (tertiary/aromatic N) is 1. The van der Waals surface area contributed by atoms with Crippen LogP contribution in [0.15, 0.2) is 18.3 Å². The number of hydrogen-bond donors (Lipinski definition) is 1. The smallest absolute Gasteiger partial charge is 0.223 e. The summed E-state index contributed by atoms with van der Waals surface area (Å²) in [5.74, 6) is 1.51. The number of aromatic nitrogens is 1. The molecule has 4 nitrogen and oxygen atoms in total. The lowest BCUT2D eigenvalue weighted by Crippen LogP contribution is -2.24. The number of carbonyl (C=O) groups is 1. The SMILES string of the molecule is COc1cc(CNC(=O)[C@@H]2C[C@H]2C)ccn1. The average Bonchev–Trinajstić information content (AvgIpc) is 3.04. The molecule has 0 saturated heterocycles. The zero-order valence-electron chi connectivity index (χ0n) is 9.56. The van der Waals surface area contributed by atoms with Gasteiger partial charge in [-0.3, -0.25) is 4.79 Å². The second-order valence-corrected chi connectivity index (χ2v) is 4.24. The summed E-state index contributed by atoms with van der Waals surface area (Å²) < 4.78 is 5.01. The highest BCUT2D eigenvalue weighted by Gasteiger charge is 2.38. The molecule has 0 aliphatic heterocycles. The minimum Gasteiger partial charge on any atom is -0.481 e. The Labute approximate surface area is 95.0 Å². The third kappa shape index (κ3) is 2.51. The zero-order valence-corrected chi connectivity index (χ0v) is 9.56. The first-order valence-electron chi connectivity index (χ1n) is 5.47. The van der Waals surface area contributed by atoms with Crippen molar-refractivity contribution < 1.29 is 9.53 Å². The molecule has 1 aromatic heterocycles. The zero-order chi connectivity index (χ0) is 11.5. The molecule has 86 valence electrons. The summed E-state index contributed by atoms with van der Waals surface area (Å²) in [6, 6.07) is 3.70. The van der Waals surface area contributed by atoms with Gasteiger partial charge >= 0.3 is 0 Å². The summed E-state index contributed by atoms with van der Waals surface area (Å²) in [7, 11) is 1.58. The van der Waals surface area contributed by atoms with Gasteiger partial charge in [0.15, 0.2) is 0 Å². The molecule has 2 atom stereocenters. The molecule has 1 fully saturated rings. The molecule has 0 bridgehead atoms. The lowest BCUT2D eigenvalue weighted by atomic mass is 10.2. The van der Waals surface area contributed by atoms with Crippen LogP contribution in [0.1, 0.15) is 18.9 Å². The number of amides is 1. The van der Waals surface area contributed by atoms with Gasteiger partial charge in [0.1, 0.15) is 0 Å². The summed E-state index contributed by atoms with van der Waals surface area (Å²) in [5, 5.41) is 2.92. The minimum atomic E-state index is 0.156. The quantitative estimate of drug-likeness (QED) is 0.833. The van der Waals surface area contributed by atoms with Crippen molar-refractivity contribution >= 4 is 5.91 Å². The molecule has 1 saturated carbocycles. The van der Waals surface area contributed by atoms with Crippen molar-refractivity contribution in [3.8, 4) is 5.88 Å². The largest absolute Gasteiger partial charge is 0.481 e. The number of nitrogens with one attached hydrogen (secondary N) is 1. The lowest BCUT2D eigenvalue weighted by molar-refractivity contribution is -0.122. The van der Waals surface area contributed by atoms with Gasteiger partial charge < -0.3 is 10.1 Å². The van der Waals surface area contributed by atoms with Gasteiger partial charge in [-0.25, -0.2) is 4.98 Å². The van der Waals surface area contributed by atoms with Crippen LogP contribution in [0, 0.1) is 11.8 Å². The van der Waals surface area contributed by atoms with Gasteiger partial charge in [0.25, 0.3) is 0 Å². The van der Waals surface area contributed by atoms with Gasteiger partial charge in [0.05, 0.1) is 7.11 Å². The van der Waals surface area contributed by atoms with Crippen molar-refractivity contribution in [1.29, 1.82) is 0 Å². The van der Waals surface area contributed by atoms with Crippen molar-refractivity contribution in [3.05, 3.63) is 23.9 Å². The second kappa shape index (κ2) is 4.51. The summed E-state index contributed by atoms with van der Waals surface area (Å²) in [4.78, 5) is 15.6. The lowest BCUT2D eigenvalue weighted by Gasteiger charge is -2.05. The molecule has 4 heteroatoms. The van der Waals surface area contributed by atoms with Crippen LogP contribution in [0.25, 0.3) is 0 Å². The van der Waals surface area contributed by atoms with E-state index in [1.54, 1.807) is 13.3 Å². The second-order valence-electron chi connectivity index (χ2n) is 4.24. The van der Waals surface area contributed by atoms with Crippen LogP contribution in [0.4, 0.5) is 0 Å².